The zero-order valence-corrected chi connectivity index (χ0v) is 33.4. The van der Waals surface area contributed by atoms with E-state index < -0.39 is 11.4 Å². The minimum Gasteiger partial charge on any atom is -0.384 e. The van der Waals surface area contributed by atoms with Crippen LogP contribution in [0.3, 0.4) is 0 Å². The highest BCUT2D eigenvalue weighted by molar-refractivity contribution is 6.43. The van der Waals surface area contributed by atoms with E-state index in [4.69, 9.17) is 28.2 Å². The third kappa shape index (κ3) is 6.60. The summed E-state index contributed by atoms with van der Waals surface area (Å²) < 4.78 is 16.8. The molecule has 0 spiro atoms. The van der Waals surface area contributed by atoms with E-state index in [9.17, 15) is 15.2 Å². The molecule has 3 atom stereocenters. The van der Waals surface area contributed by atoms with Crippen LogP contribution in [0.5, 0.6) is 0 Å². The first-order chi connectivity index (χ1) is 26.9. The van der Waals surface area contributed by atoms with E-state index in [-0.39, 0.29) is 46.8 Å². The number of pyridine rings is 2. The molecule has 290 valence electrons. The molecule has 12 heteroatoms. The maximum atomic E-state index is 16.8. The number of piperidine rings is 1. The van der Waals surface area contributed by atoms with Gasteiger partial charge in [-0.1, -0.05) is 35.3 Å². The number of aromatic nitrogens is 3. The monoisotopic (exact) mass is 793 g/mol. The summed E-state index contributed by atoms with van der Waals surface area (Å²) in [6.07, 6.45) is 7.90. The third-order valence-corrected chi connectivity index (χ3v) is 13.4. The Balaban J connectivity index is 0.000000617. The van der Waals surface area contributed by atoms with Gasteiger partial charge in [0, 0.05) is 82.6 Å². The number of amides is 1. The number of fused-ring (bicyclic) bond motifs is 6. The lowest BCUT2D eigenvalue weighted by molar-refractivity contribution is -0.135. The topological polar surface area (TPSA) is 121 Å². The molecule has 9 nitrogen and oxygen atoms in total. The number of H-pyrrole nitrogens is 1. The Kier molecular flexibility index (Phi) is 9.52. The Hall–Kier alpha value is -4.27. The first kappa shape index (κ1) is 37.3. The lowest BCUT2D eigenvalue weighted by Crippen LogP contribution is -2.45. The van der Waals surface area contributed by atoms with Crippen molar-refractivity contribution in [3.05, 3.63) is 87.2 Å². The number of hydrogen-bond acceptors (Lipinski definition) is 7. The molecule has 2 saturated carbocycles. The molecular weight excluding hydrogens is 748 g/mol. The molecule has 56 heavy (non-hydrogen) atoms. The lowest BCUT2D eigenvalue weighted by atomic mass is 9.87. The molecule has 3 unspecified atom stereocenters. The number of aliphatic hydroxyl groups is 1. The van der Waals surface area contributed by atoms with Gasteiger partial charge in [0.05, 0.1) is 39.4 Å². The Bertz CT molecular complexity index is 2400. The number of aromatic amines is 1. The van der Waals surface area contributed by atoms with E-state index in [1.54, 1.807) is 38.2 Å². The number of carbonyl (C=O) groups is 1. The highest BCUT2D eigenvalue weighted by Crippen LogP contribution is 2.49. The van der Waals surface area contributed by atoms with Gasteiger partial charge >= 0.3 is 0 Å². The van der Waals surface area contributed by atoms with Crippen LogP contribution in [-0.4, -0.2) is 62.6 Å². The number of anilines is 1. The van der Waals surface area contributed by atoms with Crippen molar-refractivity contribution in [3.63, 3.8) is 0 Å². The molecule has 2 aromatic carbocycles. The van der Waals surface area contributed by atoms with Crippen molar-refractivity contribution in [1.29, 1.82) is 5.26 Å². The van der Waals surface area contributed by atoms with E-state index in [1.165, 1.54) is 19.4 Å². The number of carbonyl (C=O) groups excluding carboxylic acids is 1. The van der Waals surface area contributed by atoms with Gasteiger partial charge in [0.2, 0.25) is 5.91 Å². The van der Waals surface area contributed by atoms with E-state index >= 15 is 4.39 Å². The van der Waals surface area contributed by atoms with Crippen LogP contribution in [0.25, 0.3) is 32.9 Å². The molecule has 6 aliphatic rings. The Labute approximate surface area is 336 Å². The maximum absolute atomic E-state index is 16.8. The molecule has 0 radical (unpaired) electrons. The molecular formula is C44H46Cl2FN7O2. The van der Waals surface area contributed by atoms with Crippen LogP contribution in [0, 0.1) is 41.8 Å². The zero-order chi connectivity index (χ0) is 39.0. The molecule has 4 aliphatic heterocycles. The number of aryl methyl sites for hydroxylation is 2. The fraction of sp³-hybridized carbons (Fsp3) is 0.455. The summed E-state index contributed by atoms with van der Waals surface area (Å²) in [5, 5.41) is 25.6. The van der Waals surface area contributed by atoms with E-state index in [2.05, 4.69) is 37.2 Å². The van der Waals surface area contributed by atoms with Crippen LogP contribution < -0.4 is 10.2 Å². The summed E-state index contributed by atoms with van der Waals surface area (Å²) in [6.45, 7) is 8.06. The van der Waals surface area contributed by atoms with Crippen LogP contribution in [0.2, 0.25) is 10.0 Å². The Morgan fingerprint density at radius 3 is 2.59 bits per heavy atom. The van der Waals surface area contributed by atoms with Crippen molar-refractivity contribution < 1.29 is 14.3 Å². The van der Waals surface area contributed by atoms with Crippen molar-refractivity contribution in [2.45, 2.75) is 89.4 Å². The summed E-state index contributed by atoms with van der Waals surface area (Å²) in [6, 6.07) is 16.0. The summed E-state index contributed by atoms with van der Waals surface area (Å²) >= 11 is 13.0. The van der Waals surface area contributed by atoms with Crippen LogP contribution in [0.4, 0.5) is 10.1 Å². The highest BCUT2D eigenvalue weighted by Gasteiger charge is 2.52. The Morgan fingerprint density at radius 1 is 1.11 bits per heavy atom. The number of rotatable bonds is 7. The van der Waals surface area contributed by atoms with Crippen molar-refractivity contribution >= 4 is 56.6 Å². The van der Waals surface area contributed by atoms with Gasteiger partial charge in [-0.25, -0.2) is 9.37 Å². The molecule has 1 amide bonds. The van der Waals surface area contributed by atoms with Gasteiger partial charge in [-0.15, -0.1) is 0 Å². The van der Waals surface area contributed by atoms with E-state index in [0.717, 1.165) is 60.1 Å². The van der Waals surface area contributed by atoms with Crippen molar-refractivity contribution in [2.24, 2.45) is 17.8 Å². The van der Waals surface area contributed by atoms with Gasteiger partial charge in [0.1, 0.15) is 11.1 Å². The third-order valence-electron chi connectivity index (χ3n) is 12.6. The molecule has 2 aliphatic carbocycles. The van der Waals surface area contributed by atoms with Crippen molar-refractivity contribution in [3.8, 4) is 17.2 Å². The predicted molar refractivity (Wildman–Crippen MR) is 218 cm³/mol. The number of nitrogens with one attached hydrogen (secondary N) is 2. The number of likely N-dealkylation sites (tertiary alicyclic amines) is 1. The number of halogens is 3. The largest absolute Gasteiger partial charge is 0.384 e. The first-order valence-corrected chi connectivity index (χ1v) is 20.6. The minimum atomic E-state index is -1.07. The maximum Gasteiger partial charge on any atom is 0.226 e. The molecule has 4 saturated heterocycles. The van der Waals surface area contributed by atoms with E-state index in [1.807, 2.05) is 25.1 Å². The summed E-state index contributed by atoms with van der Waals surface area (Å²) in [5.41, 5.74) is 4.44. The first-order valence-electron chi connectivity index (χ1n) is 19.8. The zero-order valence-electron chi connectivity index (χ0n) is 31.9. The number of nitriles is 1. The molecule has 3 aromatic heterocycles. The second-order valence-electron chi connectivity index (χ2n) is 17.0. The predicted octanol–water partition coefficient (Wildman–Crippen LogP) is 8.77. The molecule has 6 fully saturated rings. The fourth-order valence-corrected chi connectivity index (χ4v) is 9.94. The van der Waals surface area contributed by atoms with Gasteiger partial charge in [-0.2, -0.15) is 5.26 Å². The molecule has 3 N–H and O–H groups in total. The summed E-state index contributed by atoms with van der Waals surface area (Å²) in [5.74, 6) is 0.955. The summed E-state index contributed by atoms with van der Waals surface area (Å²) in [7, 11) is 0. The van der Waals surface area contributed by atoms with Crippen LogP contribution in [0.1, 0.15) is 81.1 Å². The SMILES string of the molecule is C1NC2CC1C2.Cc1nc2c(F)c(-c3cccc(Cl)c3Cl)c(CCC#N)cc2c2[nH]c(C3C4CC(CN(c5ccnc(C(C)(C)O)c5)C4)N3C(=O)C3CC3)cc12. The van der Waals surface area contributed by atoms with Crippen LogP contribution >= 0.6 is 23.2 Å². The smallest absolute Gasteiger partial charge is 0.226 e. The van der Waals surface area contributed by atoms with E-state index in [0.29, 0.717) is 51.5 Å². The molecule has 5 aromatic rings. The average Bonchev–Trinajstić information content (AvgIpc) is 3.44. The lowest BCUT2D eigenvalue weighted by Gasteiger charge is -2.34. The van der Waals surface area contributed by atoms with Gasteiger partial charge in [-0.05, 0) is 108 Å². The highest BCUT2D eigenvalue weighted by atomic mass is 35.5. The second-order valence-corrected chi connectivity index (χ2v) is 17.8. The molecule has 4 bridgehead atoms. The molecule has 7 heterocycles. The second kappa shape index (κ2) is 14.3. The van der Waals surface area contributed by atoms with Gasteiger partial charge in [-0.3, -0.25) is 9.78 Å². The van der Waals surface area contributed by atoms with Gasteiger partial charge in [0.25, 0.3) is 0 Å². The molecule has 11 rings (SSSR count). The normalized spacial score (nSPS) is 23.9. The summed E-state index contributed by atoms with van der Waals surface area (Å²) in [4.78, 5) is 31.3. The Morgan fingerprint density at radius 2 is 1.91 bits per heavy atom. The minimum absolute atomic E-state index is 0.0213. The van der Waals surface area contributed by atoms with Crippen LogP contribution in [0.15, 0.2) is 48.7 Å². The van der Waals surface area contributed by atoms with Gasteiger partial charge in [0.15, 0.2) is 5.82 Å². The standard InChI is InChI=1S/C39H37Cl2FN6O2.C5H9N/c1-20-27-17-30(46-35(27)28-15-22(6-5-12-43)32(34(42)36(28)45-20)26-7-4-8-29(40)33(26)41)37-23-14-25(48(37)38(49)21-9-10-21)19-47(18-23)24-11-13-44-31(16-24)39(2,3)50;1-4-2-5(1)6-3-4/h4,7-8,11,13,15-17,21,23,25,37,46,50H,5-6,9-10,14,18-19H2,1-3H3;4-6H,1-3H2. The van der Waals surface area contributed by atoms with Gasteiger partial charge < -0.3 is 25.2 Å². The number of benzene rings is 2. The number of hydrogen-bond donors (Lipinski definition) is 3. The quantitative estimate of drug-likeness (QED) is 0.151. The average molecular weight is 795 g/mol. The van der Waals surface area contributed by atoms with Crippen molar-refractivity contribution in [2.75, 3.05) is 24.5 Å². The fourth-order valence-electron chi connectivity index (χ4n) is 9.55. The van der Waals surface area contributed by atoms with Crippen molar-refractivity contribution in [1.82, 2.24) is 25.2 Å². The van der Waals surface area contributed by atoms with Crippen LogP contribution in [-0.2, 0) is 16.8 Å². The number of nitrogens with zero attached hydrogens (tertiary/aromatic N) is 5.